The van der Waals surface area contributed by atoms with E-state index >= 15 is 0 Å². The van der Waals surface area contributed by atoms with Crippen molar-refractivity contribution in [2.24, 2.45) is 0 Å². The van der Waals surface area contributed by atoms with Gasteiger partial charge in [0.2, 0.25) is 5.95 Å². The van der Waals surface area contributed by atoms with Gasteiger partial charge < -0.3 is 9.88 Å². The third-order valence-corrected chi connectivity index (χ3v) is 3.12. The van der Waals surface area contributed by atoms with Crippen LogP contribution in [0.5, 0.6) is 0 Å². The molecule has 0 aliphatic carbocycles. The summed E-state index contributed by atoms with van der Waals surface area (Å²) in [6, 6.07) is 0. The van der Waals surface area contributed by atoms with Crippen LogP contribution in [0.2, 0.25) is 0 Å². The molecule has 0 spiro atoms. The van der Waals surface area contributed by atoms with Crippen LogP contribution in [0.4, 0.5) is 11.6 Å². The van der Waals surface area contributed by atoms with Crippen molar-refractivity contribution in [3.8, 4) is 0 Å². The molecule has 112 valence electrons. The zero-order valence-corrected chi connectivity index (χ0v) is 12.3. The number of rotatable bonds is 6. The molecule has 0 aliphatic rings. The molecular weight excluding hydrogens is 272 g/mol. The van der Waals surface area contributed by atoms with Gasteiger partial charge in [-0.1, -0.05) is 0 Å². The zero-order chi connectivity index (χ0) is 15.4. The maximum atomic E-state index is 11.3. The van der Waals surface area contributed by atoms with Gasteiger partial charge in [0.25, 0.3) is 0 Å². The minimum Gasteiger partial charge on any atom is -0.354 e. The molecular formula is C13H18N6O2. The molecule has 8 heteroatoms. The van der Waals surface area contributed by atoms with Crippen LogP contribution in [0.1, 0.15) is 31.1 Å². The summed E-state index contributed by atoms with van der Waals surface area (Å²) in [5.74, 6) is 1.16. The molecule has 21 heavy (non-hydrogen) atoms. The summed E-state index contributed by atoms with van der Waals surface area (Å²) >= 11 is 0. The van der Waals surface area contributed by atoms with E-state index in [1.165, 1.54) is 0 Å². The first-order valence-corrected chi connectivity index (χ1v) is 6.82. The van der Waals surface area contributed by atoms with E-state index in [0.29, 0.717) is 30.3 Å². The van der Waals surface area contributed by atoms with Crippen LogP contribution in [0.15, 0.2) is 12.4 Å². The second kappa shape index (κ2) is 6.29. The monoisotopic (exact) mass is 290 g/mol. The van der Waals surface area contributed by atoms with E-state index in [4.69, 9.17) is 0 Å². The van der Waals surface area contributed by atoms with E-state index in [1.54, 1.807) is 13.1 Å². The number of imidazole rings is 1. The van der Waals surface area contributed by atoms with Gasteiger partial charge >= 0.3 is 5.69 Å². The maximum Gasteiger partial charge on any atom is 0.312 e. The third kappa shape index (κ3) is 3.15. The van der Waals surface area contributed by atoms with Crippen LogP contribution >= 0.6 is 0 Å². The highest BCUT2D eigenvalue weighted by Gasteiger charge is 2.23. The number of nitrogens with one attached hydrogen (secondary N) is 1. The SMILES string of the molecule is CCNc1nc(C)c([N+](=O)[O-])c(Cc2nccn2CC)n1. The molecule has 0 aromatic carbocycles. The number of hydrogen-bond acceptors (Lipinski definition) is 6. The fraction of sp³-hybridized carbons (Fsp3) is 0.462. The minimum absolute atomic E-state index is 0.0395. The van der Waals surface area contributed by atoms with Crippen LogP contribution in [0.25, 0.3) is 0 Å². The van der Waals surface area contributed by atoms with Gasteiger partial charge in [-0.3, -0.25) is 10.1 Å². The fourth-order valence-corrected chi connectivity index (χ4v) is 2.17. The molecule has 0 atom stereocenters. The molecule has 0 aliphatic heterocycles. The Labute approximate surface area is 122 Å². The molecule has 0 radical (unpaired) electrons. The van der Waals surface area contributed by atoms with E-state index in [0.717, 1.165) is 12.4 Å². The lowest BCUT2D eigenvalue weighted by Gasteiger charge is -2.09. The quantitative estimate of drug-likeness (QED) is 0.644. The van der Waals surface area contributed by atoms with Crippen molar-refractivity contribution >= 4 is 11.6 Å². The summed E-state index contributed by atoms with van der Waals surface area (Å²) < 4.78 is 1.94. The van der Waals surface area contributed by atoms with Gasteiger partial charge in [-0.05, 0) is 20.8 Å². The second-order valence-corrected chi connectivity index (χ2v) is 4.52. The number of anilines is 1. The topological polar surface area (TPSA) is 98.8 Å². The zero-order valence-electron chi connectivity index (χ0n) is 12.3. The summed E-state index contributed by atoms with van der Waals surface area (Å²) in [7, 11) is 0. The lowest BCUT2D eigenvalue weighted by Crippen LogP contribution is -2.11. The van der Waals surface area contributed by atoms with Crippen LogP contribution in [0.3, 0.4) is 0 Å². The molecule has 0 bridgehead atoms. The van der Waals surface area contributed by atoms with Gasteiger partial charge in [0.15, 0.2) is 0 Å². The molecule has 2 aromatic rings. The van der Waals surface area contributed by atoms with E-state index in [-0.39, 0.29) is 5.69 Å². The average molecular weight is 290 g/mol. The molecule has 1 N–H and O–H groups in total. The number of aryl methyl sites for hydroxylation is 2. The average Bonchev–Trinajstić information content (AvgIpc) is 2.85. The number of hydrogen-bond donors (Lipinski definition) is 1. The Morgan fingerprint density at radius 2 is 2.14 bits per heavy atom. The molecule has 0 fully saturated rings. The van der Waals surface area contributed by atoms with Gasteiger partial charge in [0.05, 0.1) is 11.3 Å². The van der Waals surface area contributed by atoms with Gasteiger partial charge in [-0.2, -0.15) is 0 Å². The maximum absolute atomic E-state index is 11.3. The van der Waals surface area contributed by atoms with Crippen LogP contribution in [-0.4, -0.2) is 31.0 Å². The van der Waals surface area contributed by atoms with Crippen molar-refractivity contribution in [3.63, 3.8) is 0 Å². The molecule has 2 aromatic heterocycles. The van der Waals surface area contributed by atoms with Gasteiger partial charge in [-0.25, -0.2) is 15.0 Å². The van der Waals surface area contributed by atoms with E-state index in [2.05, 4.69) is 20.3 Å². The Hall–Kier alpha value is -2.51. The predicted molar refractivity (Wildman–Crippen MR) is 78.3 cm³/mol. The normalized spacial score (nSPS) is 10.6. The van der Waals surface area contributed by atoms with E-state index in [1.807, 2.05) is 24.6 Å². The summed E-state index contributed by atoms with van der Waals surface area (Å²) in [5.41, 5.74) is 0.696. The van der Waals surface area contributed by atoms with Crippen molar-refractivity contribution in [3.05, 3.63) is 39.7 Å². The van der Waals surface area contributed by atoms with E-state index in [9.17, 15) is 10.1 Å². The summed E-state index contributed by atoms with van der Waals surface area (Å²) in [6.07, 6.45) is 3.84. The summed E-state index contributed by atoms with van der Waals surface area (Å²) in [4.78, 5) is 23.5. The Bertz CT molecular complexity index is 652. The molecule has 2 rings (SSSR count). The van der Waals surface area contributed by atoms with Crippen LogP contribution in [-0.2, 0) is 13.0 Å². The molecule has 2 heterocycles. The first-order chi connectivity index (χ1) is 10.1. The van der Waals surface area contributed by atoms with Crippen molar-refractivity contribution < 1.29 is 4.92 Å². The lowest BCUT2D eigenvalue weighted by atomic mass is 10.2. The standard InChI is InChI=1S/C13H18N6O2/c1-4-14-13-16-9(3)12(19(20)21)10(17-13)8-11-15-6-7-18(11)5-2/h6-7H,4-5,8H2,1-3H3,(H,14,16,17). The summed E-state index contributed by atoms with van der Waals surface area (Å²) in [5, 5.41) is 14.3. The number of nitrogens with zero attached hydrogens (tertiary/aromatic N) is 5. The summed E-state index contributed by atoms with van der Waals surface area (Å²) in [6.45, 7) is 6.95. The smallest absolute Gasteiger partial charge is 0.312 e. The van der Waals surface area contributed by atoms with E-state index < -0.39 is 4.92 Å². The third-order valence-electron chi connectivity index (χ3n) is 3.12. The van der Waals surface area contributed by atoms with Gasteiger partial charge in [0.1, 0.15) is 17.2 Å². The van der Waals surface area contributed by atoms with Crippen molar-refractivity contribution in [1.29, 1.82) is 0 Å². The number of nitro groups is 1. The highest BCUT2D eigenvalue weighted by molar-refractivity contribution is 5.45. The Morgan fingerprint density at radius 1 is 1.38 bits per heavy atom. The van der Waals surface area contributed by atoms with Crippen molar-refractivity contribution in [1.82, 2.24) is 19.5 Å². The Morgan fingerprint density at radius 3 is 2.76 bits per heavy atom. The van der Waals surface area contributed by atoms with Crippen LogP contribution < -0.4 is 5.32 Å². The fourth-order valence-electron chi connectivity index (χ4n) is 2.17. The Balaban J connectivity index is 2.46. The minimum atomic E-state index is -0.431. The van der Waals surface area contributed by atoms with Crippen LogP contribution in [0, 0.1) is 17.0 Å². The molecule has 0 amide bonds. The first kappa shape index (κ1) is 14.9. The van der Waals surface area contributed by atoms with Crippen molar-refractivity contribution in [2.45, 2.75) is 33.7 Å². The second-order valence-electron chi connectivity index (χ2n) is 4.52. The van der Waals surface area contributed by atoms with Gasteiger partial charge in [0, 0.05) is 25.5 Å². The highest BCUT2D eigenvalue weighted by atomic mass is 16.6. The first-order valence-electron chi connectivity index (χ1n) is 6.82. The highest BCUT2D eigenvalue weighted by Crippen LogP contribution is 2.24. The van der Waals surface area contributed by atoms with Crippen molar-refractivity contribution in [2.75, 3.05) is 11.9 Å². The Kier molecular flexibility index (Phi) is 4.46. The number of aromatic nitrogens is 4. The predicted octanol–water partition coefficient (Wildman–Crippen LogP) is 1.93. The largest absolute Gasteiger partial charge is 0.354 e. The lowest BCUT2D eigenvalue weighted by molar-refractivity contribution is -0.386. The molecule has 0 saturated carbocycles. The van der Waals surface area contributed by atoms with Gasteiger partial charge in [-0.15, -0.1) is 0 Å². The molecule has 0 unspecified atom stereocenters. The molecule has 0 saturated heterocycles. The molecule has 8 nitrogen and oxygen atoms in total.